The maximum Gasteiger partial charge on any atom is 0.322 e. The van der Waals surface area contributed by atoms with E-state index in [1.807, 2.05) is 4.90 Å². The number of likely N-dealkylation sites (tertiary alicyclic amines) is 1. The van der Waals surface area contributed by atoms with E-state index in [9.17, 15) is 13.6 Å². The first-order valence-corrected chi connectivity index (χ1v) is 11.5. The maximum atomic E-state index is 14.1. The lowest BCUT2D eigenvalue weighted by atomic mass is 9.96. The molecule has 0 aliphatic carbocycles. The summed E-state index contributed by atoms with van der Waals surface area (Å²) in [6.45, 7) is 9.40. The zero-order valence-electron chi connectivity index (χ0n) is 18.9. The summed E-state index contributed by atoms with van der Waals surface area (Å²) >= 11 is 0. The van der Waals surface area contributed by atoms with Gasteiger partial charge in [0, 0.05) is 31.9 Å². The van der Waals surface area contributed by atoms with E-state index < -0.39 is 0 Å². The third kappa shape index (κ3) is 5.21. The summed E-state index contributed by atoms with van der Waals surface area (Å²) in [5.74, 6) is 0.466. The van der Waals surface area contributed by atoms with Crippen molar-refractivity contribution in [3.05, 3.63) is 54.1 Å². The average molecular weight is 443 g/mol. The van der Waals surface area contributed by atoms with Gasteiger partial charge in [-0.3, -0.25) is 4.90 Å². The topological polar surface area (TPSA) is 38.8 Å². The molecule has 0 unspecified atom stereocenters. The number of hydrogen-bond acceptors (Lipinski definition) is 3. The largest absolute Gasteiger partial charge is 0.338 e. The molecule has 5 nitrogen and oxygen atoms in total. The minimum Gasteiger partial charge on any atom is -0.338 e. The molecule has 0 atom stereocenters. The van der Waals surface area contributed by atoms with Crippen LogP contribution in [0.5, 0.6) is 0 Å². The van der Waals surface area contributed by atoms with Gasteiger partial charge in [-0.15, -0.1) is 0 Å². The number of rotatable bonds is 5. The first kappa shape index (κ1) is 22.5. The van der Waals surface area contributed by atoms with Crippen molar-refractivity contribution in [2.75, 3.05) is 49.1 Å². The number of halogens is 2. The second-order valence-electron chi connectivity index (χ2n) is 9.24. The van der Waals surface area contributed by atoms with E-state index in [1.54, 1.807) is 23.1 Å². The van der Waals surface area contributed by atoms with Crippen molar-refractivity contribution in [1.82, 2.24) is 10.2 Å². The summed E-state index contributed by atoms with van der Waals surface area (Å²) in [5, 5.41) is 3.10. The Morgan fingerprint density at radius 1 is 0.969 bits per heavy atom. The fourth-order valence-electron chi connectivity index (χ4n) is 4.70. The molecule has 2 aromatic carbocycles. The van der Waals surface area contributed by atoms with Crippen LogP contribution in [0.1, 0.15) is 26.7 Å². The Labute approximate surface area is 189 Å². The Bertz CT molecular complexity index is 926. The lowest BCUT2D eigenvalue weighted by Crippen LogP contribution is -2.49. The molecule has 0 saturated carbocycles. The number of carbonyl (C=O) groups is 1. The van der Waals surface area contributed by atoms with E-state index in [0.717, 1.165) is 38.2 Å². The van der Waals surface area contributed by atoms with Gasteiger partial charge in [0.15, 0.2) is 0 Å². The van der Waals surface area contributed by atoms with Crippen LogP contribution >= 0.6 is 0 Å². The smallest absolute Gasteiger partial charge is 0.322 e. The second kappa shape index (κ2) is 9.86. The van der Waals surface area contributed by atoms with Crippen molar-refractivity contribution in [3.8, 4) is 0 Å². The summed E-state index contributed by atoms with van der Waals surface area (Å²) in [5.41, 5.74) is 2.04. The molecule has 2 aliphatic rings. The minimum absolute atomic E-state index is 0.152. The number of fused-ring (bicyclic) bond motifs is 1. The fraction of sp³-hybridized carbons (Fsp3) is 0.480. The van der Waals surface area contributed by atoms with Crippen LogP contribution < -0.4 is 15.1 Å². The van der Waals surface area contributed by atoms with Gasteiger partial charge in [-0.05, 0) is 80.2 Å². The van der Waals surface area contributed by atoms with Gasteiger partial charge in [0.1, 0.15) is 11.6 Å². The number of hydrogen-bond donors (Lipinski definition) is 1. The molecule has 1 N–H and O–H groups in total. The third-order valence-corrected chi connectivity index (χ3v) is 6.32. The highest BCUT2D eigenvalue weighted by molar-refractivity contribution is 5.97. The fourth-order valence-corrected chi connectivity index (χ4v) is 4.70. The Morgan fingerprint density at radius 3 is 2.34 bits per heavy atom. The van der Waals surface area contributed by atoms with Crippen molar-refractivity contribution >= 4 is 23.1 Å². The number of nitrogens with zero attached hydrogens (tertiary/aromatic N) is 3. The summed E-state index contributed by atoms with van der Waals surface area (Å²) in [6, 6.07) is 10.4. The van der Waals surface area contributed by atoms with Crippen molar-refractivity contribution < 1.29 is 13.6 Å². The summed E-state index contributed by atoms with van der Waals surface area (Å²) in [7, 11) is 0. The zero-order valence-corrected chi connectivity index (χ0v) is 18.9. The number of nitrogens with one attached hydrogen (secondary N) is 1. The highest BCUT2D eigenvalue weighted by Gasteiger charge is 2.29. The van der Waals surface area contributed by atoms with Gasteiger partial charge in [-0.2, -0.15) is 0 Å². The van der Waals surface area contributed by atoms with Crippen LogP contribution in [0.3, 0.4) is 0 Å². The molecule has 32 heavy (non-hydrogen) atoms. The van der Waals surface area contributed by atoms with Crippen LogP contribution in [0.15, 0.2) is 42.5 Å². The maximum absolute atomic E-state index is 14.1. The van der Waals surface area contributed by atoms with Crippen molar-refractivity contribution in [3.63, 3.8) is 0 Å². The predicted octanol–water partition coefficient (Wildman–Crippen LogP) is 5.00. The number of anilines is 3. The van der Waals surface area contributed by atoms with Crippen LogP contribution in [0.2, 0.25) is 0 Å². The molecule has 4 rings (SSSR count). The molecule has 0 bridgehead atoms. The van der Waals surface area contributed by atoms with Gasteiger partial charge in [-0.25, -0.2) is 13.6 Å². The second-order valence-corrected chi connectivity index (χ2v) is 9.24. The molecule has 2 heterocycles. The van der Waals surface area contributed by atoms with Gasteiger partial charge in [0.05, 0.1) is 11.4 Å². The average Bonchev–Trinajstić information content (AvgIpc) is 2.78. The number of carbonyl (C=O) groups excluding carboxylic acids is 1. The van der Waals surface area contributed by atoms with Crippen molar-refractivity contribution in [1.29, 1.82) is 0 Å². The molecule has 0 spiro atoms. The van der Waals surface area contributed by atoms with Crippen LogP contribution in [0.25, 0.3) is 0 Å². The lowest BCUT2D eigenvalue weighted by molar-refractivity contribution is 0.166. The molecular weight excluding hydrogens is 410 g/mol. The van der Waals surface area contributed by atoms with Crippen molar-refractivity contribution in [2.45, 2.75) is 26.7 Å². The van der Waals surface area contributed by atoms with E-state index in [0.29, 0.717) is 42.8 Å². The number of urea groups is 1. The van der Waals surface area contributed by atoms with Crippen LogP contribution in [0, 0.1) is 23.5 Å². The molecule has 0 radical (unpaired) electrons. The van der Waals surface area contributed by atoms with E-state index in [4.69, 9.17) is 0 Å². The standard InChI is InChI=1S/C25H32F2N4O/c1-18(2)17-29-11-9-19(10-12-29)16-28-25(32)31-14-13-30(22-6-3-20(26)4-7-22)24-15-21(27)5-8-23(24)31/h3-8,15,18-19H,9-14,16-17H2,1-2H3,(H,28,32). The Morgan fingerprint density at radius 2 is 1.66 bits per heavy atom. The summed E-state index contributed by atoms with van der Waals surface area (Å²) < 4.78 is 27.4. The van der Waals surface area contributed by atoms with Gasteiger partial charge < -0.3 is 15.1 Å². The number of piperidine rings is 1. The highest BCUT2D eigenvalue weighted by Crippen LogP contribution is 2.38. The lowest BCUT2D eigenvalue weighted by Gasteiger charge is -2.38. The quantitative estimate of drug-likeness (QED) is 0.708. The van der Waals surface area contributed by atoms with Gasteiger partial charge >= 0.3 is 6.03 Å². The Balaban J connectivity index is 1.41. The van der Waals surface area contributed by atoms with Crippen molar-refractivity contribution in [2.24, 2.45) is 11.8 Å². The van der Waals surface area contributed by atoms with Gasteiger partial charge in [0.25, 0.3) is 0 Å². The Hall–Kier alpha value is -2.67. The summed E-state index contributed by atoms with van der Waals surface area (Å²) in [6.07, 6.45) is 2.18. The number of benzene rings is 2. The zero-order chi connectivity index (χ0) is 22.7. The SMILES string of the molecule is CC(C)CN1CCC(CNC(=O)N2CCN(c3ccc(F)cc3)c3cc(F)ccc32)CC1. The van der Waals surface area contributed by atoms with Crippen LogP contribution in [-0.4, -0.2) is 50.2 Å². The molecule has 7 heteroatoms. The number of amides is 2. The highest BCUT2D eigenvalue weighted by atomic mass is 19.1. The molecule has 1 saturated heterocycles. The predicted molar refractivity (Wildman–Crippen MR) is 125 cm³/mol. The Kier molecular flexibility index (Phi) is 6.94. The van der Waals surface area contributed by atoms with E-state index in [1.165, 1.54) is 24.3 Å². The third-order valence-electron chi connectivity index (χ3n) is 6.32. The summed E-state index contributed by atoms with van der Waals surface area (Å²) in [4.78, 5) is 19.1. The van der Waals surface area contributed by atoms with E-state index in [2.05, 4.69) is 24.1 Å². The monoisotopic (exact) mass is 442 g/mol. The van der Waals surface area contributed by atoms with Crippen LogP contribution in [-0.2, 0) is 0 Å². The van der Waals surface area contributed by atoms with Gasteiger partial charge in [-0.1, -0.05) is 13.8 Å². The normalized spacial score (nSPS) is 17.5. The molecule has 1 fully saturated rings. The minimum atomic E-state index is -0.369. The molecular formula is C25H32F2N4O. The molecule has 2 aromatic rings. The molecule has 2 aliphatic heterocycles. The molecule has 0 aromatic heterocycles. The van der Waals surface area contributed by atoms with E-state index in [-0.39, 0.29) is 17.7 Å². The van der Waals surface area contributed by atoms with Gasteiger partial charge in [0.2, 0.25) is 0 Å². The van der Waals surface area contributed by atoms with Crippen LogP contribution in [0.4, 0.5) is 30.6 Å². The molecule has 2 amide bonds. The first-order chi connectivity index (χ1) is 15.4. The molecule has 172 valence electrons. The first-order valence-electron chi connectivity index (χ1n) is 11.5. The van der Waals surface area contributed by atoms with E-state index >= 15 is 0 Å².